The van der Waals surface area contributed by atoms with Crippen molar-refractivity contribution in [3.63, 3.8) is 0 Å². The molecule has 1 aromatic heterocycles. The number of rotatable bonds is 2. The molecular weight excluding hydrogens is 190 g/mol. The molecule has 1 radical (unpaired) electrons. The van der Waals surface area contributed by atoms with Gasteiger partial charge < -0.3 is 9.15 Å². The molecule has 0 saturated heterocycles. The van der Waals surface area contributed by atoms with Gasteiger partial charge in [0, 0.05) is 12.1 Å². The molecule has 1 heterocycles. The van der Waals surface area contributed by atoms with Gasteiger partial charge in [-0.3, -0.25) is 0 Å². The maximum atomic E-state index is 13.0. The lowest BCUT2D eigenvalue weighted by molar-refractivity contribution is 0.429. The maximum Gasteiger partial charge on any atom is 0.173 e. The molecule has 0 amide bonds. The summed E-state index contributed by atoms with van der Waals surface area (Å²) in [6.07, 6.45) is 3.65. The Morgan fingerprint density at radius 2 is 2.14 bits per heavy atom. The first-order valence-corrected chi connectivity index (χ1v) is 3.83. The predicted molar refractivity (Wildman–Crippen MR) is 44.0 cm³/mol. The fraction of sp³-hybridized carbons (Fsp3) is 0. The summed E-state index contributed by atoms with van der Waals surface area (Å²) in [5, 5.41) is 0. The summed E-state index contributed by atoms with van der Waals surface area (Å²) in [6, 6.07) is 4.47. The van der Waals surface area contributed by atoms with E-state index in [-0.39, 0.29) is 5.75 Å². The van der Waals surface area contributed by atoms with Crippen LogP contribution in [0.3, 0.4) is 0 Å². The average molecular weight is 195 g/mol. The zero-order chi connectivity index (χ0) is 9.97. The highest BCUT2D eigenvalue weighted by Gasteiger charge is 2.06. The van der Waals surface area contributed by atoms with Crippen LogP contribution in [0, 0.1) is 17.9 Å². The zero-order valence-corrected chi connectivity index (χ0v) is 6.96. The van der Waals surface area contributed by atoms with Crippen LogP contribution < -0.4 is 4.74 Å². The first-order valence-electron chi connectivity index (χ1n) is 3.83. The molecule has 2 aromatic rings. The van der Waals surface area contributed by atoms with Crippen LogP contribution in [0.1, 0.15) is 0 Å². The summed E-state index contributed by atoms with van der Waals surface area (Å²) >= 11 is 0. The molecule has 0 atom stereocenters. The third-order valence-electron chi connectivity index (χ3n) is 1.57. The molecule has 71 valence electrons. The van der Waals surface area contributed by atoms with Crippen molar-refractivity contribution < 1.29 is 17.9 Å². The minimum atomic E-state index is -0.758. The van der Waals surface area contributed by atoms with Crippen LogP contribution in [0.2, 0.25) is 0 Å². The molecule has 0 bridgehead atoms. The smallest absolute Gasteiger partial charge is 0.173 e. The minimum absolute atomic E-state index is 0.0544. The van der Waals surface area contributed by atoms with Crippen molar-refractivity contribution in [1.29, 1.82) is 0 Å². The zero-order valence-electron chi connectivity index (χ0n) is 6.96. The van der Waals surface area contributed by atoms with Crippen molar-refractivity contribution in [2.24, 2.45) is 0 Å². The number of hydrogen-bond donors (Lipinski definition) is 0. The van der Waals surface area contributed by atoms with Crippen LogP contribution in [0.4, 0.5) is 8.78 Å². The molecule has 0 saturated carbocycles. The van der Waals surface area contributed by atoms with Crippen molar-refractivity contribution >= 4 is 0 Å². The second-order valence-corrected chi connectivity index (χ2v) is 2.58. The Bertz CT molecular complexity index is 424. The van der Waals surface area contributed by atoms with E-state index >= 15 is 0 Å². The summed E-state index contributed by atoms with van der Waals surface area (Å²) in [5.74, 6) is -1.14. The first kappa shape index (κ1) is 8.74. The number of benzene rings is 1. The largest absolute Gasteiger partial charge is 0.457 e. The van der Waals surface area contributed by atoms with E-state index in [0.717, 1.165) is 12.1 Å². The van der Waals surface area contributed by atoms with Crippen LogP contribution in [-0.2, 0) is 0 Å². The van der Waals surface area contributed by atoms with Crippen LogP contribution in [0.5, 0.6) is 11.5 Å². The predicted octanol–water partition coefficient (Wildman–Crippen LogP) is 3.15. The topological polar surface area (TPSA) is 22.4 Å². The number of ether oxygens (including phenoxy) is 1. The van der Waals surface area contributed by atoms with Crippen molar-refractivity contribution in [3.05, 3.63) is 48.4 Å². The lowest BCUT2D eigenvalue weighted by Crippen LogP contribution is -1.87. The third-order valence-corrected chi connectivity index (χ3v) is 1.57. The van der Waals surface area contributed by atoms with Crippen LogP contribution in [0.15, 0.2) is 34.9 Å². The van der Waals surface area contributed by atoms with Crippen LogP contribution >= 0.6 is 0 Å². The summed E-state index contributed by atoms with van der Waals surface area (Å²) in [7, 11) is 0. The SMILES string of the molecule is Fc1ccc(Oc2c[c]oc2)c(F)c1. The molecule has 0 aliphatic rings. The first-order chi connectivity index (χ1) is 6.75. The maximum absolute atomic E-state index is 13.0. The highest BCUT2D eigenvalue weighted by molar-refractivity contribution is 5.29. The molecule has 0 fully saturated rings. The van der Waals surface area contributed by atoms with E-state index in [1.54, 1.807) is 0 Å². The number of hydrogen-bond acceptors (Lipinski definition) is 2. The van der Waals surface area contributed by atoms with Crippen molar-refractivity contribution in [1.82, 2.24) is 0 Å². The van der Waals surface area contributed by atoms with E-state index in [2.05, 4.69) is 10.7 Å². The second-order valence-electron chi connectivity index (χ2n) is 2.58. The van der Waals surface area contributed by atoms with Gasteiger partial charge >= 0.3 is 0 Å². The molecule has 1 aromatic carbocycles. The Labute approximate surface area is 78.7 Å². The molecular formula is C10H5F2O2. The van der Waals surface area contributed by atoms with Gasteiger partial charge in [-0.25, -0.2) is 8.78 Å². The summed E-state index contributed by atoms with van der Waals surface area (Å²) < 4.78 is 35.2. The van der Waals surface area contributed by atoms with Crippen molar-refractivity contribution in [3.8, 4) is 11.5 Å². The summed E-state index contributed by atoms with van der Waals surface area (Å²) in [4.78, 5) is 0. The van der Waals surface area contributed by atoms with Gasteiger partial charge in [0.25, 0.3) is 0 Å². The van der Waals surface area contributed by atoms with E-state index in [1.165, 1.54) is 18.4 Å². The van der Waals surface area contributed by atoms with Gasteiger partial charge in [0.1, 0.15) is 12.1 Å². The minimum Gasteiger partial charge on any atom is -0.457 e. The van der Waals surface area contributed by atoms with Crippen molar-refractivity contribution in [2.75, 3.05) is 0 Å². The highest BCUT2D eigenvalue weighted by Crippen LogP contribution is 2.24. The van der Waals surface area contributed by atoms with E-state index in [9.17, 15) is 8.78 Å². The average Bonchev–Trinajstić information content (AvgIpc) is 2.62. The summed E-state index contributed by atoms with van der Waals surface area (Å²) in [6.45, 7) is 0. The number of furan rings is 1. The molecule has 0 N–H and O–H groups in total. The quantitative estimate of drug-likeness (QED) is 0.734. The Hall–Kier alpha value is -1.84. The molecule has 0 spiro atoms. The van der Waals surface area contributed by atoms with Gasteiger partial charge in [-0.15, -0.1) is 0 Å². The van der Waals surface area contributed by atoms with E-state index in [1.807, 2.05) is 0 Å². The van der Waals surface area contributed by atoms with E-state index < -0.39 is 11.6 Å². The molecule has 0 aliphatic heterocycles. The Kier molecular flexibility index (Phi) is 2.18. The monoisotopic (exact) mass is 195 g/mol. The Balaban J connectivity index is 2.25. The molecule has 2 nitrogen and oxygen atoms in total. The van der Waals surface area contributed by atoms with Gasteiger partial charge in [-0.05, 0) is 12.1 Å². The molecule has 2 rings (SSSR count). The second kappa shape index (κ2) is 3.49. The van der Waals surface area contributed by atoms with Gasteiger partial charge in [0.05, 0.1) is 0 Å². The normalized spacial score (nSPS) is 10.1. The van der Waals surface area contributed by atoms with E-state index in [0.29, 0.717) is 5.75 Å². The lowest BCUT2D eigenvalue weighted by Gasteiger charge is -2.02. The number of halogens is 2. The summed E-state index contributed by atoms with van der Waals surface area (Å²) in [5.41, 5.74) is 0. The van der Waals surface area contributed by atoms with Crippen molar-refractivity contribution in [2.45, 2.75) is 0 Å². The molecule has 0 unspecified atom stereocenters. The van der Waals surface area contributed by atoms with Crippen LogP contribution in [0.25, 0.3) is 0 Å². The lowest BCUT2D eigenvalue weighted by atomic mass is 10.3. The molecule has 4 heteroatoms. The van der Waals surface area contributed by atoms with Gasteiger partial charge in [-0.2, -0.15) is 0 Å². The molecule has 14 heavy (non-hydrogen) atoms. The highest BCUT2D eigenvalue weighted by atomic mass is 19.1. The van der Waals surface area contributed by atoms with Crippen LogP contribution in [-0.4, -0.2) is 0 Å². The Morgan fingerprint density at radius 1 is 1.29 bits per heavy atom. The standard InChI is InChI=1S/C10H5F2O2/c11-7-1-2-10(9(12)5-7)14-8-3-4-13-6-8/h1-3,5-6H. The van der Waals surface area contributed by atoms with Gasteiger partial charge in [0.2, 0.25) is 0 Å². The fourth-order valence-electron chi connectivity index (χ4n) is 0.957. The Morgan fingerprint density at radius 3 is 2.79 bits per heavy atom. The molecule has 0 aliphatic carbocycles. The third kappa shape index (κ3) is 1.74. The van der Waals surface area contributed by atoms with Gasteiger partial charge in [-0.1, -0.05) is 0 Å². The fourth-order valence-corrected chi connectivity index (χ4v) is 0.957. The van der Waals surface area contributed by atoms with E-state index in [4.69, 9.17) is 4.74 Å². The van der Waals surface area contributed by atoms with Gasteiger partial charge in [0.15, 0.2) is 23.6 Å².